The van der Waals surface area contributed by atoms with E-state index in [1.165, 1.54) is 0 Å². The molecule has 0 bridgehead atoms. The van der Waals surface area contributed by atoms with Crippen LogP contribution in [0.25, 0.3) is 0 Å². The Morgan fingerprint density at radius 3 is 2.81 bits per heavy atom. The first-order chi connectivity index (χ1) is 7.49. The maximum atomic E-state index is 11.4. The molecule has 0 saturated carbocycles. The van der Waals surface area contributed by atoms with E-state index in [0.717, 1.165) is 0 Å². The molecule has 3 N–H and O–H groups in total. The Morgan fingerprint density at radius 2 is 2.38 bits per heavy atom. The van der Waals surface area contributed by atoms with Gasteiger partial charge in [-0.15, -0.1) is 0 Å². The summed E-state index contributed by atoms with van der Waals surface area (Å²) in [5.74, 6) is -0.326. The maximum absolute atomic E-state index is 11.4. The number of likely N-dealkylation sites (N-methyl/N-ethyl adjacent to an activating group) is 1. The molecule has 5 heteroatoms. The Hall–Kier alpha value is -1.36. The van der Waals surface area contributed by atoms with Crippen LogP contribution in [0.1, 0.15) is 33.2 Å². The van der Waals surface area contributed by atoms with Crippen molar-refractivity contribution in [3.63, 3.8) is 0 Å². The van der Waals surface area contributed by atoms with Gasteiger partial charge in [-0.2, -0.15) is 5.10 Å². The highest BCUT2D eigenvalue weighted by molar-refractivity contribution is 5.84. The van der Waals surface area contributed by atoms with Crippen molar-refractivity contribution >= 4 is 5.91 Å². The molecule has 0 fully saturated rings. The van der Waals surface area contributed by atoms with Crippen LogP contribution >= 0.6 is 0 Å². The summed E-state index contributed by atoms with van der Waals surface area (Å²) in [6, 6.07) is 2.00. The number of amides is 1. The number of hydrogen-bond acceptors (Lipinski definition) is 3. The van der Waals surface area contributed by atoms with Crippen LogP contribution in [0.4, 0.5) is 0 Å². The lowest BCUT2D eigenvalue weighted by Gasteiger charge is -2.30. The summed E-state index contributed by atoms with van der Waals surface area (Å²) in [5.41, 5.74) is 4.75. The summed E-state index contributed by atoms with van der Waals surface area (Å²) in [5, 5.41) is 7.29. The van der Waals surface area contributed by atoms with Gasteiger partial charge in [0.15, 0.2) is 0 Å². The molecular weight excluding hydrogens is 204 g/mol. The average molecular weight is 224 g/mol. The molecule has 1 rings (SSSR count). The van der Waals surface area contributed by atoms with E-state index in [4.69, 9.17) is 5.73 Å². The molecule has 16 heavy (non-hydrogen) atoms. The minimum atomic E-state index is -0.680. The predicted molar refractivity (Wildman–Crippen MR) is 62.8 cm³/mol. The number of aromatic nitrogens is 2. The summed E-state index contributed by atoms with van der Waals surface area (Å²) < 4.78 is 1.83. The van der Waals surface area contributed by atoms with E-state index in [9.17, 15) is 4.79 Å². The van der Waals surface area contributed by atoms with Gasteiger partial charge in [0.25, 0.3) is 0 Å². The molecule has 0 radical (unpaired) electrons. The van der Waals surface area contributed by atoms with Crippen LogP contribution < -0.4 is 11.1 Å². The largest absolute Gasteiger partial charge is 0.368 e. The van der Waals surface area contributed by atoms with Gasteiger partial charge in [-0.1, -0.05) is 6.92 Å². The van der Waals surface area contributed by atoms with Gasteiger partial charge in [-0.05, 0) is 32.9 Å². The average Bonchev–Trinajstić information content (AvgIpc) is 2.70. The molecule has 0 aromatic carbocycles. The second-order valence-corrected chi connectivity index (χ2v) is 4.27. The van der Waals surface area contributed by atoms with E-state index in [0.29, 0.717) is 13.0 Å². The topological polar surface area (TPSA) is 72.9 Å². The van der Waals surface area contributed by atoms with Crippen molar-refractivity contribution in [2.24, 2.45) is 5.73 Å². The summed E-state index contributed by atoms with van der Waals surface area (Å²) in [4.78, 5) is 11.4. The first kappa shape index (κ1) is 12.7. The molecule has 1 aromatic rings. The second-order valence-electron chi connectivity index (χ2n) is 4.27. The fourth-order valence-corrected chi connectivity index (χ4v) is 1.88. The molecule has 1 aromatic heterocycles. The molecule has 0 spiro atoms. The van der Waals surface area contributed by atoms with Crippen LogP contribution in [-0.4, -0.2) is 27.8 Å². The molecule has 1 amide bonds. The lowest BCUT2D eigenvalue weighted by Crippen LogP contribution is -2.54. The molecule has 0 saturated heterocycles. The first-order valence-electron chi connectivity index (χ1n) is 5.53. The van der Waals surface area contributed by atoms with Crippen molar-refractivity contribution in [1.29, 1.82) is 0 Å². The molecule has 0 aliphatic rings. The zero-order valence-corrected chi connectivity index (χ0v) is 10.1. The number of nitrogens with zero attached hydrogens (tertiary/aromatic N) is 2. The second kappa shape index (κ2) is 5.12. The highest BCUT2D eigenvalue weighted by Crippen LogP contribution is 2.19. The lowest BCUT2D eigenvalue weighted by molar-refractivity contribution is -0.124. The normalized spacial score (nSPS) is 16.7. The van der Waals surface area contributed by atoms with Crippen molar-refractivity contribution < 1.29 is 4.79 Å². The third-order valence-corrected chi connectivity index (χ3v) is 2.79. The summed E-state index contributed by atoms with van der Waals surface area (Å²) in [6.07, 6.45) is 4.24. The fraction of sp³-hybridized carbons (Fsp3) is 0.636. The molecule has 0 aliphatic heterocycles. The fourth-order valence-electron chi connectivity index (χ4n) is 1.88. The van der Waals surface area contributed by atoms with Crippen LogP contribution in [0.15, 0.2) is 18.5 Å². The Kier molecular flexibility index (Phi) is 4.06. The number of hydrogen-bond donors (Lipinski definition) is 2. The molecular formula is C11H20N4O. The third kappa shape index (κ3) is 2.82. The Bertz CT molecular complexity index is 336. The Balaban J connectivity index is 2.72. The monoisotopic (exact) mass is 224 g/mol. The first-order valence-corrected chi connectivity index (χ1v) is 5.53. The van der Waals surface area contributed by atoms with Crippen LogP contribution in [0.5, 0.6) is 0 Å². The van der Waals surface area contributed by atoms with Gasteiger partial charge >= 0.3 is 0 Å². The summed E-state index contributed by atoms with van der Waals surface area (Å²) in [6.45, 7) is 6.52. The number of carbonyl (C=O) groups excluding carboxylic acids is 1. The van der Waals surface area contributed by atoms with E-state index in [1.54, 1.807) is 6.20 Å². The van der Waals surface area contributed by atoms with Crippen LogP contribution in [0, 0.1) is 0 Å². The molecule has 2 atom stereocenters. The van der Waals surface area contributed by atoms with Gasteiger partial charge in [0.1, 0.15) is 0 Å². The number of nitrogens with two attached hydrogens (primary N) is 1. The van der Waals surface area contributed by atoms with Crippen molar-refractivity contribution in [1.82, 2.24) is 15.1 Å². The molecule has 2 unspecified atom stereocenters. The van der Waals surface area contributed by atoms with Crippen LogP contribution in [0.3, 0.4) is 0 Å². The predicted octanol–water partition coefficient (Wildman–Crippen LogP) is 0.688. The zero-order chi connectivity index (χ0) is 12.2. The van der Waals surface area contributed by atoms with Crippen LogP contribution in [-0.2, 0) is 4.79 Å². The van der Waals surface area contributed by atoms with Gasteiger partial charge in [0.05, 0.1) is 11.6 Å². The molecule has 90 valence electrons. The van der Waals surface area contributed by atoms with Crippen molar-refractivity contribution in [3.05, 3.63) is 18.5 Å². The van der Waals surface area contributed by atoms with E-state index in [2.05, 4.69) is 10.4 Å². The van der Waals surface area contributed by atoms with Crippen molar-refractivity contribution in [2.45, 2.75) is 38.8 Å². The Labute approximate surface area is 96.0 Å². The van der Waals surface area contributed by atoms with Gasteiger partial charge in [0.2, 0.25) is 5.91 Å². The molecule has 0 aliphatic carbocycles. The van der Waals surface area contributed by atoms with Gasteiger partial charge < -0.3 is 11.1 Å². The number of primary amides is 1. The quantitative estimate of drug-likeness (QED) is 0.746. The minimum absolute atomic E-state index is 0.131. The number of rotatable bonds is 6. The smallest absolute Gasteiger partial charge is 0.237 e. The van der Waals surface area contributed by atoms with E-state index in [-0.39, 0.29) is 11.9 Å². The maximum Gasteiger partial charge on any atom is 0.237 e. The highest BCUT2D eigenvalue weighted by Gasteiger charge is 2.32. The highest BCUT2D eigenvalue weighted by atomic mass is 16.1. The number of carbonyl (C=O) groups is 1. The van der Waals surface area contributed by atoms with Gasteiger partial charge in [-0.25, -0.2) is 0 Å². The standard InChI is InChI=1S/C11H20N4O/c1-4-13-11(3,10(12)16)8-9(2)15-7-5-6-14-15/h5-7,9,13H,4,8H2,1-3H3,(H2,12,16). The molecule has 5 nitrogen and oxygen atoms in total. The van der Waals surface area contributed by atoms with Gasteiger partial charge in [-0.3, -0.25) is 9.48 Å². The van der Waals surface area contributed by atoms with E-state index >= 15 is 0 Å². The summed E-state index contributed by atoms with van der Waals surface area (Å²) in [7, 11) is 0. The third-order valence-electron chi connectivity index (χ3n) is 2.79. The van der Waals surface area contributed by atoms with E-state index < -0.39 is 5.54 Å². The lowest BCUT2D eigenvalue weighted by atomic mass is 9.93. The number of nitrogens with one attached hydrogen (secondary N) is 1. The minimum Gasteiger partial charge on any atom is -0.368 e. The summed E-state index contributed by atoms with van der Waals surface area (Å²) >= 11 is 0. The zero-order valence-electron chi connectivity index (χ0n) is 10.1. The van der Waals surface area contributed by atoms with Crippen LogP contribution in [0.2, 0.25) is 0 Å². The van der Waals surface area contributed by atoms with Crippen molar-refractivity contribution in [3.8, 4) is 0 Å². The Morgan fingerprint density at radius 1 is 1.69 bits per heavy atom. The SMILES string of the molecule is CCNC(C)(CC(C)n1cccn1)C(N)=O. The molecule has 1 heterocycles. The van der Waals surface area contributed by atoms with Gasteiger partial charge in [0, 0.05) is 12.4 Å². The van der Waals surface area contributed by atoms with Crippen molar-refractivity contribution in [2.75, 3.05) is 6.54 Å². The van der Waals surface area contributed by atoms with E-state index in [1.807, 2.05) is 37.7 Å².